The van der Waals surface area contributed by atoms with Crippen LogP contribution >= 0.6 is 0 Å². The Kier molecular flexibility index (Phi) is 6.66. The van der Waals surface area contributed by atoms with E-state index in [0.717, 1.165) is 11.1 Å². The van der Waals surface area contributed by atoms with Gasteiger partial charge in [0.05, 0.1) is 34.0 Å². The summed E-state index contributed by atoms with van der Waals surface area (Å²) < 4.78 is 26.2. The number of fused-ring (bicyclic) bond motifs is 1. The van der Waals surface area contributed by atoms with E-state index in [4.69, 9.17) is 23.7 Å². The highest BCUT2D eigenvalue weighted by atomic mass is 16.5. The minimum absolute atomic E-state index is 0.260. The summed E-state index contributed by atoms with van der Waals surface area (Å²) in [6.45, 7) is 0.619. The monoisotopic (exact) mass is 415 g/mol. The fourth-order valence-electron chi connectivity index (χ4n) is 3.36. The minimum Gasteiger partial charge on any atom is -0.493 e. The van der Waals surface area contributed by atoms with Crippen LogP contribution in [0.3, 0.4) is 0 Å². The molecule has 160 valence electrons. The molecule has 0 spiro atoms. The minimum atomic E-state index is -0.604. The van der Waals surface area contributed by atoms with Crippen LogP contribution in [0.15, 0.2) is 30.3 Å². The molecule has 0 saturated carbocycles. The van der Waals surface area contributed by atoms with Crippen LogP contribution in [-0.4, -0.2) is 58.4 Å². The van der Waals surface area contributed by atoms with Crippen LogP contribution in [0, 0.1) is 0 Å². The van der Waals surface area contributed by atoms with Gasteiger partial charge in [-0.15, -0.1) is 0 Å². The Morgan fingerprint density at radius 1 is 0.833 bits per heavy atom. The number of carbonyl (C=O) groups excluding carboxylic acids is 2. The normalized spacial score (nSPS) is 12.6. The van der Waals surface area contributed by atoms with Gasteiger partial charge in [0.15, 0.2) is 29.6 Å². The zero-order valence-electron chi connectivity index (χ0n) is 17.5. The number of rotatable bonds is 7. The number of hydrogen-bond donors (Lipinski definition) is 0. The maximum Gasteiger partial charge on any atom is 0.338 e. The predicted octanol–water partition coefficient (Wildman–Crippen LogP) is 2.46. The van der Waals surface area contributed by atoms with E-state index in [1.165, 1.54) is 20.3 Å². The third kappa shape index (κ3) is 4.42. The number of methoxy groups -OCH3 is 4. The van der Waals surface area contributed by atoms with Crippen LogP contribution in [-0.2, 0) is 22.5 Å². The first kappa shape index (κ1) is 21.3. The molecule has 1 aliphatic heterocycles. The summed E-state index contributed by atoms with van der Waals surface area (Å²) in [5.41, 5.74) is 2.37. The van der Waals surface area contributed by atoms with Crippen LogP contribution < -0.4 is 18.9 Å². The fraction of sp³-hybridized carbons (Fsp3) is 0.364. The zero-order chi connectivity index (χ0) is 21.7. The van der Waals surface area contributed by atoms with Crippen molar-refractivity contribution in [1.29, 1.82) is 0 Å². The van der Waals surface area contributed by atoms with Gasteiger partial charge in [0.2, 0.25) is 0 Å². The molecule has 0 bridgehead atoms. The first-order valence-corrected chi connectivity index (χ1v) is 9.41. The first-order chi connectivity index (χ1) is 14.5. The second-order valence-electron chi connectivity index (χ2n) is 6.69. The van der Waals surface area contributed by atoms with Crippen molar-refractivity contribution in [3.63, 3.8) is 0 Å². The highest BCUT2D eigenvalue weighted by molar-refractivity contribution is 5.92. The molecule has 0 N–H and O–H groups in total. The lowest BCUT2D eigenvalue weighted by Crippen LogP contribution is -2.38. The van der Waals surface area contributed by atoms with E-state index in [2.05, 4.69) is 0 Å². The molecule has 2 aromatic carbocycles. The molecular weight excluding hydrogens is 390 g/mol. The third-order valence-electron chi connectivity index (χ3n) is 5.02. The van der Waals surface area contributed by atoms with E-state index in [9.17, 15) is 9.59 Å². The Balaban J connectivity index is 1.63. The maximum absolute atomic E-state index is 12.6. The average Bonchev–Trinajstić information content (AvgIpc) is 2.80. The Morgan fingerprint density at radius 2 is 1.43 bits per heavy atom. The number of benzene rings is 2. The van der Waals surface area contributed by atoms with Gasteiger partial charge in [-0.3, -0.25) is 4.79 Å². The molecule has 0 unspecified atom stereocenters. The molecule has 1 amide bonds. The summed E-state index contributed by atoms with van der Waals surface area (Å²) in [5.74, 6) is 1.34. The predicted molar refractivity (Wildman–Crippen MR) is 108 cm³/mol. The molecule has 0 saturated heterocycles. The van der Waals surface area contributed by atoms with Gasteiger partial charge >= 0.3 is 5.97 Å². The Hall–Kier alpha value is -3.42. The molecule has 0 aliphatic carbocycles. The van der Waals surface area contributed by atoms with Crippen molar-refractivity contribution in [3.05, 3.63) is 47.0 Å². The molecule has 3 rings (SSSR count). The topological polar surface area (TPSA) is 83.5 Å². The quantitative estimate of drug-likeness (QED) is 0.643. The van der Waals surface area contributed by atoms with E-state index in [1.807, 2.05) is 12.1 Å². The van der Waals surface area contributed by atoms with Gasteiger partial charge in [-0.05, 0) is 47.9 Å². The molecule has 0 radical (unpaired) electrons. The van der Waals surface area contributed by atoms with E-state index < -0.39 is 5.97 Å². The third-order valence-corrected chi connectivity index (χ3v) is 5.02. The summed E-state index contributed by atoms with van der Waals surface area (Å²) in [5, 5.41) is 0. The van der Waals surface area contributed by atoms with E-state index in [1.54, 1.807) is 31.3 Å². The van der Waals surface area contributed by atoms with Gasteiger partial charge in [-0.1, -0.05) is 0 Å². The van der Waals surface area contributed by atoms with Crippen LogP contribution in [0.2, 0.25) is 0 Å². The van der Waals surface area contributed by atoms with Crippen LogP contribution in [0.4, 0.5) is 0 Å². The fourth-order valence-corrected chi connectivity index (χ4v) is 3.36. The van der Waals surface area contributed by atoms with Crippen LogP contribution in [0.1, 0.15) is 21.5 Å². The molecule has 0 aromatic heterocycles. The van der Waals surface area contributed by atoms with E-state index in [-0.39, 0.29) is 18.1 Å². The SMILES string of the molecule is COc1ccc(C(=O)OCC(=O)N2CCc3cc(OC)c(OC)cc3C2)cc1OC. The second kappa shape index (κ2) is 9.39. The highest BCUT2D eigenvalue weighted by Crippen LogP contribution is 2.33. The Morgan fingerprint density at radius 3 is 2.07 bits per heavy atom. The summed E-state index contributed by atoms with van der Waals surface area (Å²) >= 11 is 0. The van der Waals surface area contributed by atoms with Crippen molar-refractivity contribution in [1.82, 2.24) is 4.90 Å². The van der Waals surface area contributed by atoms with Crippen molar-refractivity contribution in [3.8, 4) is 23.0 Å². The molecule has 1 aliphatic rings. The Bertz CT molecular complexity index is 941. The highest BCUT2D eigenvalue weighted by Gasteiger charge is 2.24. The molecule has 0 fully saturated rings. The van der Waals surface area contributed by atoms with Crippen LogP contribution in [0.25, 0.3) is 0 Å². The van der Waals surface area contributed by atoms with Crippen molar-refractivity contribution >= 4 is 11.9 Å². The number of esters is 1. The summed E-state index contributed by atoms with van der Waals surface area (Å²) in [6.07, 6.45) is 0.686. The van der Waals surface area contributed by atoms with Gasteiger partial charge in [-0.2, -0.15) is 0 Å². The summed E-state index contributed by atoms with van der Waals surface area (Å²) in [7, 11) is 6.16. The lowest BCUT2D eigenvalue weighted by atomic mass is 9.99. The molecule has 1 heterocycles. The lowest BCUT2D eigenvalue weighted by molar-refractivity contribution is -0.135. The van der Waals surface area contributed by atoms with Crippen molar-refractivity contribution in [2.45, 2.75) is 13.0 Å². The van der Waals surface area contributed by atoms with E-state index in [0.29, 0.717) is 42.5 Å². The van der Waals surface area contributed by atoms with Gasteiger partial charge in [0.25, 0.3) is 5.91 Å². The average molecular weight is 415 g/mol. The molecule has 2 aromatic rings. The van der Waals surface area contributed by atoms with Gasteiger partial charge in [-0.25, -0.2) is 4.79 Å². The largest absolute Gasteiger partial charge is 0.493 e. The molecule has 0 atom stereocenters. The van der Waals surface area contributed by atoms with Crippen molar-refractivity contribution < 1.29 is 33.3 Å². The Labute approximate surface area is 175 Å². The number of ether oxygens (including phenoxy) is 5. The maximum atomic E-state index is 12.6. The molecule has 8 heteroatoms. The number of hydrogen-bond acceptors (Lipinski definition) is 7. The number of amides is 1. The molecule has 30 heavy (non-hydrogen) atoms. The van der Waals surface area contributed by atoms with E-state index >= 15 is 0 Å². The standard InChI is InChI=1S/C22H25NO7/c1-26-17-6-5-15(10-18(17)27-2)22(25)30-13-21(24)23-8-7-14-9-19(28-3)20(29-4)11-16(14)12-23/h5-6,9-11H,7-8,12-13H2,1-4H3. The number of carbonyl (C=O) groups is 2. The zero-order valence-corrected chi connectivity index (χ0v) is 17.5. The van der Waals surface area contributed by atoms with Crippen molar-refractivity contribution in [2.24, 2.45) is 0 Å². The molecular formula is C22H25NO7. The van der Waals surface area contributed by atoms with Gasteiger partial charge < -0.3 is 28.6 Å². The van der Waals surface area contributed by atoms with Crippen LogP contribution in [0.5, 0.6) is 23.0 Å². The van der Waals surface area contributed by atoms with Crippen molar-refractivity contribution in [2.75, 3.05) is 41.6 Å². The summed E-state index contributed by atoms with van der Waals surface area (Å²) in [4.78, 5) is 26.6. The molecule has 8 nitrogen and oxygen atoms in total. The lowest BCUT2D eigenvalue weighted by Gasteiger charge is -2.29. The first-order valence-electron chi connectivity index (χ1n) is 9.41. The number of nitrogens with zero attached hydrogens (tertiary/aromatic N) is 1. The smallest absolute Gasteiger partial charge is 0.338 e. The van der Waals surface area contributed by atoms with Gasteiger partial charge in [0, 0.05) is 13.1 Å². The summed E-state index contributed by atoms with van der Waals surface area (Å²) in [6, 6.07) is 8.50. The second-order valence-corrected chi connectivity index (χ2v) is 6.69. The van der Waals surface area contributed by atoms with Gasteiger partial charge in [0.1, 0.15) is 0 Å².